The van der Waals surface area contributed by atoms with Gasteiger partial charge < -0.3 is 4.42 Å². The van der Waals surface area contributed by atoms with Gasteiger partial charge in [0.25, 0.3) is 0 Å². The van der Waals surface area contributed by atoms with Gasteiger partial charge in [0, 0.05) is 25.1 Å². The van der Waals surface area contributed by atoms with Crippen molar-refractivity contribution in [3.63, 3.8) is 0 Å². The second kappa shape index (κ2) is 8.81. The molecule has 0 spiro atoms. The second-order valence-electron chi connectivity index (χ2n) is 9.89. The molecule has 6 rings (SSSR count). The lowest BCUT2D eigenvalue weighted by Crippen LogP contribution is -2.32. The molecule has 0 aliphatic rings. The summed E-state index contributed by atoms with van der Waals surface area (Å²) in [6.45, 7) is 5.41. The number of aryl methyl sites for hydroxylation is 2. The summed E-state index contributed by atoms with van der Waals surface area (Å²) in [6, 6.07) is 22.4. The highest BCUT2D eigenvalue weighted by atomic mass is 19.1. The van der Waals surface area contributed by atoms with Crippen molar-refractivity contribution >= 4 is 32.7 Å². The predicted octanol–water partition coefficient (Wildman–Crippen LogP) is 8.68. The van der Waals surface area contributed by atoms with Gasteiger partial charge in [0.1, 0.15) is 24.0 Å². The van der Waals surface area contributed by atoms with Crippen LogP contribution in [0.1, 0.15) is 27.7 Å². The van der Waals surface area contributed by atoms with E-state index in [-0.39, 0.29) is 11.4 Å². The van der Waals surface area contributed by atoms with Crippen LogP contribution in [0.15, 0.2) is 83.4 Å². The Morgan fingerprint density at radius 3 is 2.32 bits per heavy atom. The Labute approximate surface area is 217 Å². The molecule has 37 heavy (non-hydrogen) atoms. The zero-order valence-corrected chi connectivity index (χ0v) is 21.2. The van der Waals surface area contributed by atoms with Gasteiger partial charge in [0.2, 0.25) is 11.9 Å². The summed E-state index contributed by atoms with van der Waals surface area (Å²) in [7, 11) is 1.73. The molecule has 0 N–H and O–H groups in total. The van der Waals surface area contributed by atoms with Gasteiger partial charge in [-0.25, -0.2) is 8.78 Å². The van der Waals surface area contributed by atoms with Gasteiger partial charge in [-0.3, -0.25) is 0 Å². The van der Waals surface area contributed by atoms with Crippen molar-refractivity contribution in [3.05, 3.63) is 102 Å². The van der Waals surface area contributed by atoms with Gasteiger partial charge >= 0.3 is 0 Å². The van der Waals surface area contributed by atoms with E-state index in [1.165, 1.54) is 12.3 Å². The van der Waals surface area contributed by atoms with Crippen LogP contribution in [0.25, 0.3) is 55.1 Å². The Bertz CT molecular complexity index is 1920. The molecule has 6 aromatic rings. The van der Waals surface area contributed by atoms with E-state index in [4.69, 9.17) is 7.16 Å². The maximum absolute atomic E-state index is 15.6. The molecule has 0 unspecified atom stereocenters. The van der Waals surface area contributed by atoms with E-state index in [1.807, 2.05) is 61.5 Å². The molecule has 4 heteroatoms. The van der Waals surface area contributed by atoms with Crippen LogP contribution in [0.4, 0.5) is 8.78 Å². The van der Waals surface area contributed by atoms with Gasteiger partial charge in [0.15, 0.2) is 5.82 Å². The van der Waals surface area contributed by atoms with Crippen LogP contribution in [-0.4, -0.2) is 0 Å². The third kappa shape index (κ3) is 3.79. The minimum Gasteiger partial charge on any atom is -0.454 e. The number of hydrogen-bond donors (Lipinski definition) is 0. The minimum absolute atomic E-state index is 0.000558. The number of halogens is 2. The van der Waals surface area contributed by atoms with Crippen molar-refractivity contribution in [2.24, 2.45) is 13.0 Å². The summed E-state index contributed by atoms with van der Waals surface area (Å²) in [5, 5.41) is 3.51. The zero-order valence-electron chi connectivity index (χ0n) is 23.2. The normalized spacial score (nSPS) is 13.1. The van der Waals surface area contributed by atoms with Crippen LogP contribution in [-0.2, 0) is 13.4 Å². The fraction of sp³-hybridized carbons (Fsp3) is 0.182. The highest BCUT2D eigenvalue weighted by Crippen LogP contribution is 2.43. The van der Waals surface area contributed by atoms with Crippen molar-refractivity contribution in [2.45, 2.75) is 27.1 Å². The van der Waals surface area contributed by atoms with E-state index >= 15 is 8.78 Å². The molecule has 0 amide bonds. The Kier molecular flexibility index (Phi) is 5.02. The first-order chi connectivity index (χ1) is 18.6. The molecular weight excluding hydrogens is 464 g/mol. The van der Waals surface area contributed by atoms with Crippen LogP contribution < -0.4 is 4.57 Å². The first-order valence-electron chi connectivity index (χ1n) is 13.4. The Balaban J connectivity index is 1.69. The molecule has 0 atom stereocenters. The van der Waals surface area contributed by atoms with Crippen LogP contribution in [0.2, 0.25) is 0 Å². The number of rotatable bonds is 4. The largest absolute Gasteiger partial charge is 0.454 e. The first kappa shape index (κ1) is 21.1. The van der Waals surface area contributed by atoms with E-state index in [9.17, 15) is 0 Å². The fourth-order valence-electron chi connectivity index (χ4n) is 5.28. The molecule has 2 heterocycles. The molecule has 2 aromatic heterocycles. The van der Waals surface area contributed by atoms with Gasteiger partial charge in [0.05, 0.1) is 11.1 Å². The van der Waals surface area contributed by atoms with E-state index < -0.39 is 18.1 Å². The van der Waals surface area contributed by atoms with Gasteiger partial charge in [-0.15, -0.1) is 0 Å². The second-order valence-corrected chi connectivity index (χ2v) is 9.89. The van der Waals surface area contributed by atoms with Crippen LogP contribution in [0.3, 0.4) is 0 Å². The molecule has 0 fully saturated rings. The van der Waals surface area contributed by atoms with E-state index in [1.54, 1.807) is 37.6 Å². The number of benzene rings is 4. The number of hydrogen-bond acceptors (Lipinski definition) is 1. The molecular formula is C33H28F2NO+. The number of nitrogens with zero attached hydrogens (tertiary/aromatic N) is 1. The quantitative estimate of drug-likeness (QED) is 0.224. The molecule has 0 radical (unpaired) electrons. The number of pyridine rings is 1. The van der Waals surface area contributed by atoms with E-state index in [2.05, 4.69) is 0 Å². The third-order valence-electron chi connectivity index (χ3n) is 6.95. The van der Waals surface area contributed by atoms with Crippen molar-refractivity contribution < 1.29 is 20.5 Å². The first-order valence-corrected chi connectivity index (χ1v) is 12.4. The summed E-state index contributed by atoms with van der Waals surface area (Å²) in [5.74, 6) is -1.41. The predicted molar refractivity (Wildman–Crippen MR) is 146 cm³/mol. The topological polar surface area (TPSA) is 17.0 Å². The summed E-state index contributed by atoms with van der Waals surface area (Å²) in [4.78, 5) is 0. The highest BCUT2D eigenvalue weighted by Gasteiger charge is 2.25. The lowest BCUT2D eigenvalue weighted by molar-refractivity contribution is -0.662. The lowest BCUT2D eigenvalue weighted by Gasteiger charge is -2.10. The van der Waals surface area contributed by atoms with Gasteiger partial charge in [-0.05, 0) is 53.2 Å². The van der Waals surface area contributed by atoms with Crippen molar-refractivity contribution in [2.75, 3.05) is 0 Å². The molecule has 0 saturated heterocycles. The Morgan fingerprint density at radius 2 is 1.54 bits per heavy atom. The van der Waals surface area contributed by atoms with E-state index in [0.717, 1.165) is 38.2 Å². The van der Waals surface area contributed by atoms with E-state index in [0.29, 0.717) is 22.4 Å². The standard InChI is InChI=1S/C33H28F2NO/c1-19(2)16-22-17-29(36(4)18-28(22)35)30-20(3)12-13-25-26-14-15-27(34)31(33(26)37-32(25)30)24-11-7-9-21-8-5-6-10-23(21)24/h5-15,17-19H,16H2,1-4H3/q+1/i16D2. The van der Waals surface area contributed by atoms with Crippen molar-refractivity contribution in [1.29, 1.82) is 0 Å². The number of aromatic nitrogens is 1. The maximum atomic E-state index is 15.6. The SMILES string of the molecule is [2H]C([2H])(c1cc(-c2c(C)ccc3c2oc2c(-c4cccc5ccccc45)c(F)ccc23)[n+](C)cc1F)C(C)C. The third-order valence-corrected chi connectivity index (χ3v) is 6.95. The molecule has 2 nitrogen and oxygen atoms in total. The molecule has 0 aliphatic heterocycles. The minimum atomic E-state index is -1.87. The van der Waals surface area contributed by atoms with Crippen LogP contribution >= 0.6 is 0 Å². The van der Waals surface area contributed by atoms with Crippen LogP contribution in [0, 0.1) is 24.5 Å². The number of fused-ring (bicyclic) bond motifs is 4. The molecule has 0 bridgehead atoms. The summed E-state index contributed by atoms with van der Waals surface area (Å²) in [6.07, 6.45) is -0.555. The zero-order chi connectivity index (χ0) is 27.6. The van der Waals surface area contributed by atoms with Gasteiger partial charge in [-0.1, -0.05) is 68.4 Å². The molecule has 184 valence electrons. The average molecular weight is 495 g/mol. The number of furan rings is 1. The monoisotopic (exact) mass is 494 g/mol. The van der Waals surface area contributed by atoms with Gasteiger partial charge in [-0.2, -0.15) is 4.57 Å². The summed E-state index contributed by atoms with van der Waals surface area (Å²) < 4.78 is 56.0. The lowest BCUT2D eigenvalue weighted by atomic mass is 9.95. The molecule has 0 saturated carbocycles. The highest BCUT2D eigenvalue weighted by molar-refractivity contribution is 6.15. The van der Waals surface area contributed by atoms with Crippen molar-refractivity contribution in [3.8, 4) is 22.4 Å². The smallest absolute Gasteiger partial charge is 0.216 e. The van der Waals surface area contributed by atoms with Crippen LogP contribution in [0.5, 0.6) is 0 Å². The van der Waals surface area contributed by atoms with Crippen molar-refractivity contribution in [1.82, 2.24) is 0 Å². The Morgan fingerprint density at radius 1 is 0.838 bits per heavy atom. The molecule has 4 aromatic carbocycles. The summed E-state index contributed by atoms with van der Waals surface area (Å²) in [5.41, 5.74) is 4.35. The average Bonchev–Trinajstić information content (AvgIpc) is 3.27. The summed E-state index contributed by atoms with van der Waals surface area (Å²) >= 11 is 0. The Hall–Kier alpha value is -4.05. The molecule has 0 aliphatic carbocycles. The fourth-order valence-corrected chi connectivity index (χ4v) is 5.28. The maximum Gasteiger partial charge on any atom is 0.216 e.